The van der Waals surface area contributed by atoms with Crippen LogP contribution < -0.4 is 10.6 Å². The molecule has 114 valence electrons. The third kappa shape index (κ3) is 5.44. The zero-order valence-corrected chi connectivity index (χ0v) is 13.2. The second kappa shape index (κ2) is 8.28. The monoisotopic (exact) mass is 288 g/mol. The summed E-state index contributed by atoms with van der Waals surface area (Å²) in [6, 6.07) is 9.95. The largest absolute Gasteiger partial charge is 0.326 e. The number of nitrogens with one attached hydrogen (secondary N) is 2. The summed E-state index contributed by atoms with van der Waals surface area (Å²) >= 11 is 0. The van der Waals surface area contributed by atoms with Gasteiger partial charge in [-0.05, 0) is 38.1 Å². The molecule has 21 heavy (non-hydrogen) atoms. The molecule has 2 N–H and O–H groups in total. The Labute approximate surface area is 126 Å². The quantitative estimate of drug-likeness (QED) is 0.845. The fourth-order valence-electron chi connectivity index (χ4n) is 2.06. The molecule has 5 nitrogen and oxygen atoms in total. The van der Waals surface area contributed by atoms with Gasteiger partial charge in [-0.3, -0.25) is 0 Å². The van der Waals surface area contributed by atoms with Crippen LogP contribution in [0.1, 0.15) is 32.4 Å². The van der Waals surface area contributed by atoms with Crippen molar-refractivity contribution in [3.8, 4) is 6.07 Å². The number of amides is 2. The van der Waals surface area contributed by atoms with Crippen LogP contribution in [0, 0.1) is 17.2 Å². The van der Waals surface area contributed by atoms with E-state index in [9.17, 15) is 4.79 Å². The van der Waals surface area contributed by atoms with Crippen molar-refractivity contribution in [2.45, 2.75) is 26.8 Å². The van der Waals surface area contributed by atoms with Crippen LogP contribution in [-0.2, 0) is 0 Å². The topological polar surface area (TPSA) is 68.2 Å². The molecule has 0 radical (unpaired) electrons. The maximum absolute atomic E-state index is 12.1. The molecule has 0 aliphatic carbocycles. The van der Waals surface area contributed by atoms with Crippen LogP contribution in [0.3, 0.4) is 0 Å². The number of anilines is 1. The van der Waals surface area contributed by atoms with Gasteiger partial charge in [0.1, 0.15) is 0 Å². The van der Waals surface area contributed by atoms with Crippen molar-refractivity contribution < 1.29 is 4.79 Å². The standard InChI is InChI=1S/C16H24N4O/c1-5-18-13(3)14-7-6-8-15(9-14)19-16(21)20(4)11-12(2)10-17/h6-9,12-13,18H,5,11H2,1-4H3,(H,19,21). The summed E-state index contributed by atoms with van der Waals surface area (Å²) in [5.41, 5.74) is 1.89. The fourth-order valence-corrected chi connectivity index (χ4v) is 2.06. The summed E-state index contributed by atoms with van der Waals surface area (Å²) in [5.74, 6) is -0.180. The maximum atomic E-state index is 12.1. The first-order chi connectivity index (χ1) is 9.97. The Morgan fingerprint density at radius 3 is 2.76 bits per heavy atom. The van der Waals surface area contributed by atoms with Gasteiger partial charge in [0.05, 0.1) is 12.0 Å². The predicted molar refractivity (Wildman–Crippen MR) is 85.0 cm³/mol. The van der Waals surface area contributed by atoms with E-state index in [1.807, 2.05) is 24.3 Å². The van der Waals surface area contributed by atoms with Gasteiger partial charge in [0, 0.05) is 25.3 Å². The van der Waals surface area contributed by atoms with Crippen LogP contribution in [0.4, 0.5) is 10.5 Å². The van der Waals surface area contributed by atoms with Gasteiger partial charge < -0.3 is 15.5 Å². The second-order valence-corrected chi connectivity index (χ2v) is 5.25. The lowest BCUT2D eigenvalue weighted by molar-refractivity contribution is 0.219. The molecule has 0 heterocycles. The van der Waals surface area contributed by atoms with Crippen LogP contribution in [0.25, 0.3) is 0 Å². The van der Waals surface area contributed by atoms with Crippen LogP contribution in [0.15, 0.2) is 24.3 Å². The molecule has 0 saturated carbocycles. The van der Waals surface area contributed by atoms with Crippen molar-refractivity contribution in [1.82, 2.24) is 10.2 Å². The summed E-state index contributed by atoms with van der Waals surface area (Å²) in [7, 11) is 1.69. The number of nitrogens with zero attached hydrogens (tertiary/aromatic N) is 2. The highest BCUT2D eigenvalue weighted by atomic mass is 16.2. The summed E-state index contributed by atoms with van der Waals surface area (Å²) in [5, 5.41) is 15.0. The first-order valence-corrected chi connectivity index (χ1v) is 7.23. The number of hydrogen-bond acceptors (Lipinski definition) is 3. The van der Waals surface area contributed by atoms with E-state index >= 15 is 0 Å². The molecule has 0 bridgehead atoms. The van der Waals surface area contributed by atoms with Gasteiger partial charge >= 0.3 is 6.03 Å². The minimum absolute atomic E-state index is 0.180. The molecule has 2 unspecified atom stereocenters. The lowest BCUT2D eigenvalue weighted by Crippen LogP contribution is -2.34. The molecule has 1 aromatic rings. The van der Waals surface area contributed by atoms with Gasteiger partial charge in [-0.25, -0.2) is 4.79 Å². The van der Waals surface area contributed by atoms with Crippen molar-refractivity contribution >= 4 is 11.7 Å². The third-order valence-electron chi connectivity index (χ3n) is 3.26. The van der Waals surface area contributed by atoms with E-state index in [4.69, 9.17) is 5.26 Å². The molecule has 0 spiro atoms. The Balaban J connectivity index is 2.68. The van der Waals surface area contributed by atoms with E-state index in [-0.39, 0.29) is 18.0 Å². The summed E-state index contributed by atoms with van der Waals surface area (Å²) in [6.07, 6.45) is 0. The first kappa shape index (κ1) is 17.0. The highest BCUT2D eigenvalue weighted by Crippen LogP contribution is 2.17. The van der Waals surface area contributed by atoms with Gasteiger partial charge in [0.25, 0.3) is 0 Å². The lowest BCUT2D eigenvalue weighted by Gasteiger charge is -2.20. The fraction of sp³-hybridized carbons (Fsp3) is 0.500. The average Bonchev–Trinajstić information content (AvgIpc) is 2.47. The van der Waals surface area contributed by atoms with Crippen molar-refractivity contribution in [2.24, 2.45) is 5.92 Å². The molecule has 0 aliphatic heterocycles. The van der Waals surface area contributed by atoms with E-state index in [2.05, 4.69) is 30.6 Å². The molecular formula is C16H24N4O. The number of rotatable bonds is 6. The minimum Gasteiger partial charge on any atom is -0.326 e. The van der Waals surface area contributed by atoms with E-state index in [1.54, 1.807) is 14.0 Å². The number of hydrogen-bond donors (Lipinski definition) is 2. The van der Waals surface area contributed by atoms with Crippen LogP contribution in [0.5, 0.6) is 0 Å². The molecule has 1 rings (SSSR count). The summed E-state index contributed by atoms with van der Waals surface area (Å²) in [6.45, 7) is 7.25. The minimum atomic E-state index is -0.203. The number of carbonyl (C=O) groups excluding carboxylic acids is 1. The van der Waals surface area contributed by atoms with E-state index in [0.717, 1.165) is 17.8 Å². The van der Waals surface area contributed by atoms with Gasteiger partial charge in [0.2, 0.25) is 0 Å². The van der Waals surface area contributed by atoms with E-state index in [0.29, 0.717) is 6.54 Å². The zero-order chi connectivity index (χ0) is 15.8. The molecule has 0 fully saturated rings. The third-order valence-corrected chi connectivity index (χ3v) is 3.26. The van der Waals surface area contributed by atoms with E-state index < -0.39 is 0 Å². The molecule has 1 aromatic carbocycles. The normalized spacial score (nSPS) is 13.1. The smallest absolute Gasteiger partial charge is 0.321 e. The first-order valence-electron chi connectivity index (χ1n) is 7.23. The molecule has 2 atom stereocenters. The number of benzene rings is 1. The van der Waals surface area contributed by atoms with Crippen LogP contribution in [-0.4, -0.2) is 31.1 Å². The number of carbonyl (C=O) groups is 1. The Hall–Kier alpha value is -2.06. The van der Waals surface area contributed by atoms with Gasteiger partial charge in [-0.15, -0.1) is 0 Å². The van der Waals surface area contributed by atoms with Gasteiger partial charge in [-0.1, -0.05) is 19.1 Å². The van der Waals surface area contributed by atoms with Crippen LogP contribution in [0.2, 0.25) is 0 Å². The summed E-state index contributed by atoms with van der Waals surface area (Å²) in [4.78, 5) is 13.6. The second-order valence-electron chi connectivity index (χ2n) is 5.25. The zero-order valence-electron chi connectivity index (χ0n) is 13.2. The van der Waals surface area contributed by atoms with Crippen LogP contribution >= 0.6 is 0 Å². The lowest BCUT2D eigenvalue weighted by atomic mass is 10.1. The molecular weight excluding hydrogens is 264 g/mol. The number of urea groups is 1. The summed E-state index contributed by atoms with van der Waals surface area (Å²) < 4.78 is 0. The van der Waals surface area contributed by atoms with Crippen molar-refractivity contribution in [3.63, 3.8) is 0 Å². The van der Waals surface area contributed by atoms with E-state index in [1.165, 1.54) is 4.90 Å². The molecule has 0 saturated heterocycles. The Morgan fingerprint density at radius 1 is 1.43 bits per heavy atom. The molecule has 0 aromatic heterocycles. The Bertz CT molecular complexity index is 509. The molecule has 2 amide bonds. The SMILES string of the molecule is CCNC(C)c1cccc(NC(=O)N(C)CC(C)C#N)c1. The Kier molecular flexibility index (Phi) is 6.70. The number of nitriles is 1. The van der Waals surface area contributed by atoms with Crippen molar-refractivity contribution in [1.29, 1.82) is 5.26 Å². The Morgan fingerprint density at radius 2 is 2.14 bits per heavy atom. The van der Waals surface area contributed by atoms with Gasteiger partial charge in [-0.2, -0.15) is 5.26 Å². The molecule has 0 aliphatic rings. The van der Waals surface area contributed by atoms with Gasteiger partial charge in [0.15, 0.2) is 0 Å². The highest BCUT2D eigenvalue weighted by Gasteiger charge is 2.12. The highest BCUT2D eigenvalue weighted by molar-refractivity contribution is 5.89. The van der Waals surface area contributed by atoms with Crippen molar-refractivity contribution in [2.75, 3.05) is 25.5 Å². The molecule has 5 heteroatoms. The average molecular weight is 288 g/mol. The predicted octanol–water partition coefficient (Wildman–Crippen LogP) is 2.98. The van der Waals surface area contributed by atoms with Crippen molar-refractivity contribution in [3.05, 3.63) is 29.8 Å². The maximum Gasteiger partial charge on any atom is 0.321 e.